The number of aromatic nitrogens is 3. The number of nitrogens with one attached hydrogen (secondary N) is 2. The summed E-state index contributed by atoms with van der Waals surface area (Å²) in [6, 6.07) is 3.43. The van der Waals surface area contributed by atoms with Crippen LogP contribution in [0.5, 0.6) is 0 Å². The Morgan fingerprint density at radius 2 is 2.20 bits per heavy atom. The van der Waals surface area contributed by atoms with Gasteiger partial charge in [0.1, 0.15) is 16.4 Å². The molecule has 0 radical (unpaired) electrons. The molecule has 2 rings (SSSR count). The molecule has 2 heterocycles. The van der Waals surface area contributed by atoms with Crippen molar-refractivity contribution >= 4 is 21.4 Å². The van der Waals surface area contributed by atoms with Crippen LogP contribution in [0.3, 0.4) is 0 Å². The van der Waals surface area contributed by atoms with Crippen molar-refractivity contribution in [3.63, 3.8) is 0 Å². The van der Waals surface area contributed by atoms with E-state index in [4.69, 9.17) is 5.73 Å². The van der Waals surface area contributed by atoms with Crippen molar-refractivity contribution in [3.05, 3.63) is 29.2 Å². The molecule has 0 saturated heterocycles. The summed E-state index contributed by atoms with van der Waals surface area (Å²) in [4.78, 5) is 4.96. The molecule has 2 aromatic rings. The first-order valence-electron chi connectivity index (χ1n) is 6.24. The first-order valence-corrected chi connectivity index (χ1v) is 8.54. The fraction of sp³-hybridized carbons (Fsp3) is 0.455. The molecule has 0 bridgehead atoms. The van der Waals surface area contributed by atoms with E-state index >= 15 is 0 Å². The second-order valence-corrected chi connectivity index (χ2v) is 7.36. The summed E-state index contributed by atoms with van der Waals surface area (Å²) in [6.07, 6.45) is 3.46. The van der Waals surface area contributed by atoms with E-state index in [2.05, 4.69) is 19.9 Å². The molecule has 110 valence electrons. The highest BCUT2D eigenvalue weighted by Gasteiger charge is 2.15. The summed E-state index contributed by atoms with van der Waals surface area (Å²) in [5, 5.41) is 6.47. The molecule has 20 heavy (non-hydrogen) atoms. The monoisotopic (exact) mass is 315 g/mol. The first kappa shape index (κ1) is 15.1. The zero-order chi connectivity index (χ0) is 14.4. The van der Waals surface area contributed by atoms with Crippen LogP contribution in [-0.4, -0.2) is 36.7 Å². The van der Waals surface area contributed by atoms with Crippen molar-refractivity contribution in [2.24, 2.45) is 5.73 Å². The number of hydrogen-bond donors (Lipinski definition) is 3. The molecule has 0 atom stereocenters. The van der Waals surface area contributed by atoms with Crippen LogP contribution in [0.1, 0.15) is 17.1 Å². The largest absolute Gasteiger partial charge is 0.330 e. The van der Waals surface area contributed by atoms with Crippen LogP contribution in [0.25, 0.3) is 0 Å². The van der Waals surface area contributed by atoms with E-state index in [1.54, 1.807) is 12.1 Å². The maximum atomic E-state index is 12.0. The van der Waals surface area contributed by atoms with E-state index in [0.717, 1.165) is 10.7 Å². The number of sulfonamides is 1. The molecule has 7 nitrogen and oxygen atoms in total. The smallest absolute Gasteiger partial charge is 0.250 e. The lowest BCUT2D eigenvalue weighted by Crippen LogP contribution is -2.24. The van der Waals surface area contributed by atoms with E-state index in [1.807, 2.05) is 0 Å². The van der Waals surface area contributed by atoms with Crippen LogP contribution < -0.4 is 10.5 Å². The van der Waals surface area contributed by atoms with E-state index in [9.17, 15) is 8.42 Å². The van der Waals surface area contributed by atoms with Gasteiger partial charge in [-0.3, -0.25) is 5.10 Å². The number of rotatable bonds is 8. The zero-order valence-corrected chi connectivity index (χ0v) is 12.5. The maximum absolute atomic E-state index is 12.0. The van der Waals surface area contributed by atoms with E-state index < -0.39 is 10.0 Å². The number of H-pyrrole nitrogens is 1. The van der Waals surface area contributed by atoms with Crippen molar-refractivity contribution < 1.29 is 8.42 Å². The Kier molecular flexibility index (Phi) is 5.24. The molecule has 9 heteroatoms. The second kappa shape index (κ2) is 6.93. The normalized spacial score (nSPS) is 11.8. The fourth-order valence-corrected chi connectivity index (χ4v) is 4.15. The van der Waals surface area contributed by atoms with Gasteiger partial charge in [0, 0.05) is 17.8 Å². The maximum Gasteiger partial charge on any atom is 0.250 e. The third-order valence-electron chi connectivity index (χ3n) is 2.64. The number of aromatic amines is 1. The van der Waals surface area contributed by atoms with E-state index in [1.165, 1.54) is 17.7 Å². The van der Waals surface area contributed by atoms with Crippen molar-refractivity contribution in [1.82, 2.24) is 19.9 Å². The molecule has 0 unspecified atom stereocenters. The van der Waals surface area contributed by atoms with Gasteiger partial charge in [0.15, 0.2) is 0 Å². The lowest BCUT2D eigenvalue weighted by Gasteiger charge is -2.03. The van der Waals surface area contributed by atoms with Crippen molar-refractivity contribution in [3.8, 4) is 0 Å². The Labute approximate surface area is 121 Å². The minimum atomic E-state index is -3.42. The summed E-state index contributed by atoms with van der Waals surface area (Å²) in [5.74, 6) is 0.755. The van der Waals surface area contributed by atoms with Crippen LogP contribution in [0.4, 0.5) is 0 Å². The van der Waals surface area contributed by atoms with Crippen LogP contribution in [0, 0.1) is 0 Å². The molecule has 2 aromatic heterocycles. The molecule has 0 fully saturated rings. The van der Waals surface area contributed by atoms with Crippen molar-refractivity contribution in [2.45, 2.75) is 23.5 Å². The van der Waals surface area contributed by atoms with E-state index in [0.29, 0.717) is 36.6 Å². The van der Waals surface area contributed by atoms with Gasteiger partial charge < -0.3 is 5.73 Å². The summed E-state index contributed by atoms with van der Waals surface area (Å²) >= 11 is 1.26. The number of aryl methyl sites for hydroxylation is 1. The molecule has 0 amide bonds. The Hall–Kier alpha value is -1.29. The van der Waals surface area contributed by atoms with Gasteiger partial charge in [-0.1, -0.05) is 0 Å². The minimum Gasteiger partial charge on any atom is -0.330 e. The predicted molar refractivity (Wildman–Crippen MR) is 77.0 cm³/mol. The quantitative estimate of drug-likeness (QED) is 0.605. The lowest BCUT2D eigenvalue weighted by atomic mass is 10.3. The Morgan fingerprint density at radius 3 is 2.90 bits per heavy atom. The molecule has 0 spiro atoms. The van der Waals surface area contributed by atoms with Crippen LogP contribution in [0.15, 0.2) is 22.7 Å². The molecule has 0 aromatic carbocycles. The molecule has 0 aliphatic rings. The highest BCUT2D eigenvalue weighted by molar-refractivity contribution is 7.91. The molecular formula is C11H17N5O2S2. The van der Waals surface area contributed by atoms with Gasteiger partial charge >= 0.3 is 0 Å². The summed E-state index contributed by atoms with van der Waals surface area (Å²) in [5.41, 5.74) is 5.45. The predicted octanol–water partition coefficient (Wildman–Crippen LogP) is 0.278. The SMILES string of the molecule is NCCc1ccc(S(=O)(=O)NCCCc2ncn[nH]2)s1. The standard InChI is InChI=1S/C11H17N5O2S2/c12-6-5-9-3-4-11(19-9)20(17,18)15-7-1-2-10-13-8-14-16-10/h3-4,8,15H,1-2,5-7,12H2,(H,13,14,16). The molecular weight excluding hydrogens is 298 g/mol. The minimum absolute atomic E-state index is 0.334. The number of thiophene rings is 1. The Bertz CT molecular complexity index is 621. The fourth-order valence-electron chi connectivity index (χ4n) is 1.66. The highest BCUT2D eigenvalue weighted by atomic mass is 32.2. The number of hydrogen-bond acceptors (Lipinski definition) is 6. The highest BCUT2D eigenvalue weighted by Crippen LogP contribution is 2.21. The average molecular weight is 315 g/mol. The summed E-state index contributed by atoms with van der Waals surface area (Å²) in [7, 11) is -3.42. The van der Waals surface area contributed by atoms with Crippen LogP contribution in [-0.2, 0) is 22.9 Å². The first-order chi connectivity index (χ1) is 9.62. The van der Waals surface area contributed by atoms with Gasteiger partial charge in [0.25, 0.3) is 0 Å². The summed E-state index contributed by atoms with van der Waals surface area (Å²) < 4.78 is 27.0. The number of nitrogens with two attached hydrogens (primary N) is 1. The van der Waals surface area contributed by atoms with Gasteiger partial charge in [0.05, 0.1) is 0 Å². The van der Waals surface area contributed by atoms with Crippen molar-refractivity contribution in [2.75, 3.05) is 13.1 Å². The molecule has 4 N–H and O–H groups in total. The van der Waals surface area contributed by atoms with Crippen LogP contribution >= 0.6 is 11.3 Å². The van der Waals surface area contributed by atoms with Gasteiger partial charge in [-0.2, -0.15) is 5.10 Å². The molecule has 0 aliphatic carbocycles. The van der Waals surface area contributed by atoms with Gasteiger partial charge in [-0.15, -0.1) is 11.3 Å². The van der Waals surface area contributed by atoms with Gasteiger partial charge in [-0.05, 0) is 31.5 Å². The van der Waals surface area contributed by atoms with E-state index in [-0.39, 0.29) is 0 Å². The van der Waals surface area contributed by atoms with Crippen molar-refractivity contribution in [1.29, 1.82) is 0 Å². The average Bonchev–Trinajstić information content (AvgIpc) is 3.06. The Morgan fingerprint density at radius 1 is 1.35 bits per heavy atom. The molecule has 0 aliphatic heterocycles. The topological polar surface area (TPSA) is 114 Å². The summed E-state index contributed by atoms with van der Waals surface area (Å²) in [6.45, 7) is 0.887. The third kappa shape index (κ3) is 4.10. The van der Waals surface area contributed by atoms with Crippen LogP contribution in [0.2, 0.25) is 0 Å². The zero-order valence-electron chi connectivity index (χ0n) is 10.9. The second-order valence-electron chi connectivity index (χ2n) is 4.19. The lowest BCUT2D eigenvalue weighted by molar-refractivity contribution is 0.580. The van der Waals surface area contributed by atoms with Gasteiger partial charge in [0.2, 0.25) is 10.0 Å². The third-order valence-corrected chi connectivity index (χ3v) is 5.74. The molecule has 0 saturated carbocycles. The Balaban J connectivity index is 1.83. The number of nitrogens with zero attached hydrogens (tertiary/aromatic N) is 2. The van der Waals surface area contributed by atoms with Gasteiger partial charge in [-0.25, -0.2) is 18.1 Å².